The number of hydrogen-bond donors (Lipinski definition) is 1. The van der Waals surface area contributed by atoms with E-state index in [1.807, 2.05) is 30.2 Å². The van der Waals surface area contributed by atoms with Crippen molar-refractivity contribution in [3.8, 4) is 5.75 Å². The first-order valence-corrected chi connectivity index (χ1v) is 8.85. The molecule has 3 atom stereocenters. The number of nitrogens with one attached hydrogen (secondary N) is 1. The maximum absolute atomic E-state index is 13.9. The second-order valence-corrected chi connectivity index (χ2v) is 6.97. The van der Waals surface area contributed by atoms with Gasteiger partial charge in [-0.05, 0) is 42.5 Å². The molecule has 1 N–H and O–H groups in total. The van der Waals surface area contributed by atoms with Crippen molar-refractivity contribution in [1.82, 2.24) is 15.1 Å². The highest BCUT2D eigenvalue weighted by molar-refractivity contribution is 5.41. The molecule has 2 aliphatic rings. The number of ether oxygens (including phenoxy) is 2. The molecular formula is C19H24FN3O2. The van der Waals surface area contributed by atoms with E-state index in [-0.39, 0.29) is 18.0 Å². The molecule has 4 rings (SSSR count). The van der Waals surface area contributed by atoms with E-state index in [1.165, 1.54) is 7.11 Å². The summed E-state index contributed by atoms with van der Waals surface area (Å²) < 4.78 is 26.8. The molecule has 0 radical (unpaired) electrons. The Hall–Kier alpha value is -1.92. The van der Waals surface area contributed by atoms with Crippen LogP contribution >= 0.6 is 0 Å². The predicted octanol–water partition coefficient (Wildman–Crippen LogP) is 2.92. The highest BCUT2D eigenvalue weighted by Crippen LogP contribution is 2.37. The Morgan fingerprint density at radius 3 is 3.04 bits per heavy atom. The fraction of sp³-hybridized carbons (Fsp3) is 0.526. The van der Waals surface area contributed by atoms with Gasteiger partial charge < -0.3 is 14.8 Å². The number of benzene rings is 1. The van der Waals surface area contributed by atoms with Crippen LogP contribution in [0.2, 0.25) is 0 Å². The van der Waals surface area contributed by atoms with Gasteiger partial charge in [-0.15, -0.1) is 0 Å². The summed E-state index contributed by atoms with van der Waals surface area (Å²) in [6.07, 6.45) is 6.96. The molecule has 25 heavy (non-hydrogen) atoms. The summed E-state index contributed by atoms with van der Waals surface area (Å²) in [7, 11) is 3.43. The Labute approximate surface area is 147 Å². The van der Waals surface area contributed by atoms with Crippen LogP contribution in [0.15, 0.2) is 24.5 Å². The lowest BCUT2D eigenvalue weighted by atomic mass is 9.96. The van der Waals surface area contributed by atoms with Gasteiger partial charge in [0.15, 0.2) is 11.6 Å². The number of rotatable bonds is 5. The maximum atomic E-state index is 13.9. The van der Waals surface area contributed by atoms with Crippen molar-refractivity contribution in [1.29, 1.82) is 0 Å². The van der Waals surface area contributed by atoms with E-state index in [2.05, 4.69) is 10.4 Å². The van der Waals surface area contributed by atoms with Gasteiger partial charge >= 0.3 is 0 Å². The molecule has 0 spiro atoms. The molecule has 1 aliphatic carbocycles. The molecule has 1 aromatic carbocycles. The van der Waals surface area contributed by atoms with E-state index in [0.29, 0.717) is 11.7 Å². The van der Waals surface area contributed by atoms with E-state index < -0.39 is 0 Å². The quantitative estimate of drug-likeness (QED) is 0.905. The molecule has 0 saturated carbocycles. The van der Waals surface area contributed by atoms with Crippen molar-refractivity contribution in [3.63, 3.8) is 0 Å². The number of halogens is 1. The second-order valence-electron chi connectivity index (χ2n) is 6.97. The first kappa shape index (κ1) is 16.5. The minimum Gasteiger partial charge on any atom is -0.494 e. The third kappa shape index (κ3) is 3.16. The van der Waals surface area contributed by atoms with Crippen LogP contribution in [0.1, 0.15) is 41.7 Å². The Kier molecular flexibility index (Phi) is 4.48. The molecule has 134 valence electrons. The average molecular weight is 345 g/mol. The Morgan fingerprint density at radius 1 is 1.40 bits per heavy atom. The van der Waals surface area contributed by atoms with Crippen molar-refractivity contribution in [2.75, 3.05) is 20.3 Å². The average Bonchev–Trinajstić information content (AvgIpc) is 3.31. The number of fused-ring (bicyclic) bond motifs is 1. The molecule has 2 heterocycles. The summed E-state index contributed by atoms with van der Waals surface area (Å²) in [4.78, 5) is 0. The minimum absolute atomic E-state index is 0.102. The minimum atomic E-state index is -0.275. The highest BCUT2D eigenvalue weighted by atomic mass is 19.1. The molecule has 0 bridgehead atoms. The second kappa shape index (κ2) is 6.77. The summed E-state index contributed by atoms with van der Waals surface area (Å²) >= 11 is 0. The van der Waals surface area contributed by atoms with Gasteiger partial charge in [-0.3, -0.25) is 4.68 Å². The maximum Gasteiger partial charge on any atom is 0.165 e. The molecule has 1 unspecified atom stereocenters. The first-order chi connectivity index (χ1) is 12.2. The summed E-state index contributed by atoms with van der Waals surface area (Å²) in [5, 5.41) is 7.93. The molecule has 1 aromatic heterocycles. The molecule has 6 heteroatoms. The molecule has 1 saturated heterocycles. The Balaban J connectivity index is 1.44. The number of methoxy groups -OCH3 is 1. The van der Waals surface area contributed by atoms with Crippen LogP contribution in [0, 0.1) is 11.7 Å². The van der Waals surface area contributed by atoms with Crippen LogP contribution in [0.3, 0.4) is 0 Å². The zero-order valence-electron chi connectivity index (χ0n) is 14.7. The van der Waals surface area contributed by atoms with Crippen molar-refractivity contribution in [2.45, 2.75) is 31.4 Å². The third-order valence-electron chi connectivity index (χ3n) is 5.39. The van der Waals surface area contributed by atoms with Crippen LogP contribution in [0.4, 0.5) is 4.39 Å². The lowest BCUT2D eigenvalue weighted by Gasteiger charge is -2.21. The number of aryl methyl sites for hydroxylation is 2. The highest BCUT2D eigenvalue weighted by Gasteiger charge is 2.32. The van der Waals surface area contributed by atoms with E-state index in [4.69, 9.17) is 9.47 Å². The standard InChI is InChI=1S/C19H24FN3O2/c1-23-11-14(10-22-23)19-13(5-6-25-19)9-21-17-4-3-12-7-16(20)18(24-2)8-15(12)17/h7-8,10-11,13,17,19,21H,3-6,9H2,1-2H3/t13-,17?,19+/m0/s1. The fourth-order valence-corrected chi connectivity index (χ4v) is 4.07. The fourth-order valence-electron chi connectivity index (χ4n) is 4.07. The normalized spacial score (nSPS) is 25.3. The van der Waals surface area contributed by atoms with Gasteiger partial charge in [-0.25, -0.2) is 4.39 Å². The Bertz CT molecular complexity index is 761. The van der Waals surface area contributed by atoms with Crippen molar-refractivity contribution >= 4 is 0 Å². The number of aromatic nitrogens is 2. The smallest absolute Gasteiger partial charge is 0.165 e. The van der Waals surface area contributed by atoms with Gasteiger partial charge in [-0.1, -0.05) is 0 Å². The third-order valence-corrected chi connectivity index (χ3v) is 5.39. The van der Waals surface area contributed by atoms with Crippen LogP contribution in [-0.4, -0.2) is 30.0 Å². The van der Waals surface area contributed by atoms with Gasteiger partial charge in [0.05, 0.1) is 19.4 Å². The van der Waals surface area contributed by atoms with Crippen molar-refractivity contribution in [3.05, 3.63) is 47.0 Å². The molecule has 1 aliphatic heterocycles. The summed E-state index contributed by atoms with van der Waals surface area (Å²) in [5.74, 6) is 0.475. The SMILES string of the molecule is COc1cc2c(cc1F)CCC2NC[C@@H]1CCO[C@H]1c1cnn(C)c1. The van der Waals surface area contributed by atoms with Crippen LogP contribution in [-0.2, 0) is 18.2 Å². The molecule has 2 aromatic rings. The van der Waals surface area contributed by atoms with Gasteiger partial charge in [0.25, 0.3) is 0 Å². The topological polar surface area (TPSA) is 48.3 Å². The molecular weight excluding hydrogens is 321 g/mol. The molecule has 1 fully saturated rings. The van der Waals surface area contributed by atoms with Crippen LogP contribution < -0.4 is 10.1 Å². The Morgan fingerprint density at radius 2 is 2.28 bits per heavy atom. The summed E-state index contributed by atoms with van der Waals surface area (Å²) in [6, 6.07) is 3.71. The van der Waals surface area contributed by atoms with Gasteiger partial charge in [0.1, 0.15) is 0 Å². The van der Waals surface area contributed by atoms with Crippen molar-refractivity contribution < 1.29 is 13.9 Å². The van der Waals surface area contributed by atoms with E-state index in [1.54, 1.807) is 6.07 Å². The molecule has 5 nitrogen and oxygen atoms in total. The van der Waals surface area contributed by atoms with Crippen LogP contribution in [0.5, 0.6) is 5.75 Å². The van der Waals surface area contributed by atoms with Gasteiger partial charge in [0, 0.05) is 43.9 Å². The summed E-state index contributed by atoms with van der Waals surface area (Å²) in [6.45, 7) is 1.66. The summed E-state index contributed by atoms with van der Waals surface area (Å²) in [5.41, 5.74) is 3.39. The monoisotopic (exact) mass is 345 g/mol. The lowest BCUT2D eigenvalue weighted by molar-refractivity contribution is 0.0897. The van der Waals surface area contributed by atoms with Crippen LogP contribution in [0.25, 0.3) is 0 Å². The van der Waals surface area contributed by atoms with E-state index >= 15 is 0 Å². The number of nitrogens with zero attached hydrogens (tertiary/aromatic N) is 2. The van der Waals surface area contributed by atoms with E-state index in [0.717, 1.165) is 49.1 Å². The largest absolute Gasteiger partial charge is 0.494 e. The zero-order valence-corrected chi connectivity index (χ0v) is 14.7. The number of hydrogen-bond acceptors (Lipinski definition) is 4. The van der Waals surface area contributed by atoms with E-state index in [9.17, 15) is 4.39 Å². The zero-order chi connectivity index (χ0) is 17.4. The van der Waals surface area contributed by atoms with Crippen molar-refractivity contribution in [2.24, 2.45) is 13.0 Å². The first-order valence-electron chi connectivity index (χ1n) is 8.85. The van der Waals surface area contributed by atoms with Gasteiger partial charge in [0.2, 0.25) is 0 Å². The van der Waals surface area contributed by atoms with Gasteiger partial charge in [-0.2, -0.15) is 5.10 Å². The molecule has 0 amide bonds. The predicted molar refractivity (Wildman–Crippen MR) is 92.0 cm³/mol. The lowest BCUT2D eigenvalue weighted by Crippen LogP contribution is -2.27.